The molecule has 2 aromatic rings. The number of likely N-dealkylation sites (tertiary alicyclic amines) is 1. The van der Waals surface area contributed by atoms with Crippen molar-refractivity contribution < 1.29 is 23.9 Å². The topological polar surface area (TPSA) is 110 Å². The summed E-state index contributed by atoms with van der Waals surface area (Å²) in [5, 5.41) is 6.14. The van der Waals surface area contributed by atoms with Crippen LogP contribution in [0.3, 0.4) is 0 Å². The molecule has 0 radical (unpaired) electrons. The molecular formula is C29H32N4O5. The Morgan fingerprint density at radius 1 is 1.13 bits per heavy atom. The van der Waals surface area contributed by atoms with Gasteiger partial charge in [0.2, 0.25) is 17.7 Å². The number of aromatic nitrogens is 1. The Morgan fingerprint density at radius 2 is 1.92 bits per heavy atom. The lowest BCUT2D eigenvalue weighted by Gasteiger charge is -2.34. The van der Waals surface area contributed by atoms with Gasteiger partial charge in [0.1, 0.15) is 17.4 Å². The largest absolute Gasteiger partial charge is 0.497 e. The Labute approximate surface area is 221 Å². The van der Waals surface area contributed by atoms with Crippen LogP contribution in [-0.4, -0.2) is 58.5 Å². The average Bonchev–Trinajstić information content (AvgIpc) is 3.58. The van der Waals surface area contributed by atoms with Crippen LogP contribution < -0.4 is 15.4 Å². The number of nitrogens with one attached hydrogen (secondary N) is 2. The van der Waals surface area contributed by atoms with Gasteiger partial charge in [0.25, 0.3) is 0 Å². The molecule has 38 heavy (non-hydrogen) atoms. The van der Waals surface area contributed by atoms with Gasteiger partial charge >= 0.3 is 0 Å². The number of carbonyl (C=O) groups is 3. The molecule has 9 nitrogen and oxygen atoms in total. The molecule has 1 spiro atoms. The van der Waals surface area contributed by atoms with Crippen LogP contribution in [0.25, 0.3) is 0 Å². The van der Waals surface area contributed by atoms with Gasteiger partial charge in [0.05, 0.1) is 25.0 Å². The third-order valence-electron chi connectivity index (χ3n) is 8.31. The molecule has 3 aliphatic heterocycles. The number of hydrogen-bond acceptors (Lipinski definition) is 6. The molecule has 1 aromatic carbocycles. The highest BCUT2D eigenvalue weighted by atomic mass is 16.5. The van der Waals surface area contributed by atoms with Gasteiger partial charge in [0, 0.05) is 30.7 Å². The van der Waals surface area contributed by atoms with Crippen molar-refractivity contribution >= 4 is 23.4 Å². The minimum Gasteiger partial charge on any atom is -0.497 e. The molecule has 5 unspecified atom stereocenters. The molecule has 4 aliphatic rings. The molecule has 3 amide bonds. The van der Waals surface area contributed by atoms with Gasteiger partial charge in [-0.15, -0.1) is 0 Å². The van der Waals surface area contributed by atoms with Gasteiger partial charge in [-0.1, -0.05) is 37.5 Å². The molecule has 6 rings (SSSR count). The molecule has 2 bridgehead atoms. The summed E-state index contributed by atoms with van der Waals surface area (Å²) in [6, 6.07) is 9.92. The van der Waals surface area contributed by atoms with E-state index in [1.54, 1.807) is 54.7 Å². The summed E-state index contributed by atoms with van der Waals surface area (Å²) in [6.07, 6.45) is 11.6. The van der Waals surface area contributed by atoms with Gasteiger partial charge in [-0.25, -0.2) is 0 Å². The Bertz CT molecular complexity index is 1240. The number of rotatable bonds is 7. The quantitative estimate of drug-likeness (QED) is 0.548. The second-order valence-electron chi connectivity index (χ2n) is 10.6. The zero-order valence-electron chi connectivity index (χ0n) is 21.3. The summed E-state index contributed by atoms with van der Waals surface area (Å²) in [7, 11) is 1.58. The normalized spacial score (nSPS) is 29.8. The molecular weight excluding hydrogens is 484 g/mol. The molecule has 2 saturated heterocycles. The number of anilines is 1. The van der Waals surface area contributed by atoms with Gasteiger partial charge in [-0.05, 0) is 48.7 Å². The Morgan fingerprint density at radius 3 is 2.63 bits per heavy atom. The smallest absolute Gasteiger partial charge is 0.246 e. The summed E-state index contributed by atoms with van der Waals surface area (Å²) in [5.74, 6) is -1.65. The number of nitrogens with zero attached hydrogens (tertiary/aromatic N) is 2. The second kappa shape index (κ2) is 9.87. The van der Waals surface area contributed by atoms with Crippen molar-refractivity contribution in [1.82, 2.24) is 15.2 Å². The highest BCUT2D eigenvalue weighted by molar-refractivity contribution is 6.02. The summed E-state index contributed by atoms with van der Waals surface area (Å²) < 4.78 is 11.6. The number of benzene rings is 1. The first-order valence-electron chi connectivity index (χ1n) is 13.3. The molecule has 2 N–H and O–H groups in total. The Balaban J connectivity index is 1.30. The first-order chi connectivity index (χ1) is 18.5. The fourth-order valence-corrected chi connectivity index (χ4v) is 6.55. The van der Waals surface area contributed by atoms with E-state index >= 15 is 0 Å². The van der Waals surface area contributed by atoms with Gasteiger partial charge < -0.3 is 25.0 Å². The minimum absolute atomic E-state index is 0.0822. The highest BCUT2D eigenvalue weighted by Gasteiger charge is 2.72. The number of pyridine rings is 1. The number of carbonyl (C=O) groups excluding carboxylic acids is 3. The number of hydrogen-bond donors (Lipinski definition) is 2. The van der Waals surface area contributed by atoms with Crippen LogP contribution in [-0.2, 0) is 25.7 Å². The standard InChI is InChI=1S/C29H32N4O5/c1-37-21-11-9-20(10-12-21)31-26(34)23-22-13-14-29(38-22)24(23)28(36)33(17-18-6-5-15-30-16-18)25(29)27(35)32-19-7-3-2-4-8-19/h5-6,9-16,19,22-25H,2-4,7-8,17H2,1H3,(H,31,34)(H,32,35). The predicted molar refractivity (Wildman–Crippen MR) is 139 cm³/mol. The zero-order valence-corrected chi connectivity index (χ0v) is 21.3. The molecule has 198 valence electrons. The molecule has 1 aliphatic carbocycles. The summed E-state index contributed by atoms with van der Waals surface area (Å²) >= 11 is 0. The average molecular weight is 517 g/mol. The van der Waals surface area contributed by atoms with Crippen LogP contribution in [0, 0.1) is 11.8 Å². The van der Waals surface area contributed by atoms with Gasteiger partial charge in [-0.2, -0.15) is 0 Å². The van der Waals surface area contributed by atoms with E-state index in [0.29, 0.717) is 11.4 Å². The zero-order chi connectivity index (χ0) is 26.3. The first-order valence-corrected chi connectivity index (χ1v) is 13.3. The van der Waals surface area contributed by atoms with Crippen molar-refractivity contribution in [3.63, 3.8) is 0 Å². The van der Waals surface area contributed by atoms with E-state index in [0.717, 1.165) is 31.2 Å². The summed E-state index contributed by atoms with van der Waals surface area (Å²) in [4.78, 5) is 47.2. The third-order valence-corrected chi connectivity index (χ3v) is 8.31. The van der Waals surface area contributed by atoms with Crippen LogP contribution in [0.5, 0.6) is 5.75 Å². The summed E-state index contributed by atoms with van der Waals surface area (Å²) in [5.41, 5.74) is 0.219. The van der Waals surface area contributed by atoms with Gasteiger partial charge in [0.15, 0.2) is 0 Å². The fourth-order valence-electron chi connectivity index (χ4n) is 6.55. The van der Waals surface area contributed by atoms with Crippen LogP contribution in [0.1, 0.15) is 37.7 Å². The number of ether oxygens (including phenoxy) is 2. The Kier molecular flexibility index (Phi) is 6.39. The predicted octanol–water partition coefficient (Wildman–Crippen LogP) is 2.83. The molecule has 5 atom stereocenters. The van der Waals surface area contributed by atoms with Crippen LogP contribution in [0.2, 0.25) is 0 Å². The number of methoxy groups -OCH3 is 1. The Hall–Kier alpha value is -3.72. The number of amides is 3. The monoisotopic (exact) mass is 516 g/mol. The first kappa shape index (κ1) is 24.6. The summed E-state index contributed by atoms with van der Waals surface area (Å²) in [6.45, 7) is 0.211. The van der Waals surface area contributed by atoms with E-state index in [4.69, 9.17) is 9.47 Å². The van der Waals surface area contributed by atoms with Crippen LogP contribution in [0.15, 0.2) is 60.9 Å². The van der Waals surface area contributed by atoms with E-state index in [9.17, 15) is 14.4 Å². The maximum absolute atomic E-state index is 14.0. The lowest BCUT2D eigenvalue weighted by molar-refractivity contribution is -0.142. The molecule has 1 aromatic heterocycles. The van der Waals surface area contributed by atoms with Crippen molar-refractivity contribution in [2.75, 3.05) is 12.4 Å². The molecule has 1 saturated carbocycles. The second-order valence-corrected chi connectivity index (χ2v) is 10.6. The van der Waals surface area contributed by atoms with E-state index in [2.05, 4.69) is 15.6 Å². The van der Waals surface area contributed by atoms with Crippen molar-refractivity contribution in [3.05, 3.63) is 66.5 Å². The SMILES string of the molecule is COc1ccc(NC(=O)C2C3C=CC4(O3)C2C(=O)N(Cc2cccnc2)C4C(=O)NC2CCCCC2)cc1. The maximum atomic E-state index is 14.0. The van der Waals surface area contributed by atoms with Crippen molar-refractivity contribution in [2.45, 2.75) is 62.4 Å². The molecule has 4 heterocycles. The van der Waals surface area contributed by atoms with Crippen LogP contribution in [0.4, 0.5) is 5.69 Å². The maximum Gasteiger partial charge on any atom is 0.246 e. The molecule has 9 heteroatoms. The fraction of sp³-hybridized carbons (Fsp3) is 0.448. The highest BCUT2D eigenvalue weighted by Crippen LogP contribution is 2.55. The van der Waals surface area contributed by atoms with E-state index in [1.807, 2.05) is 18.2 Å². The van der Waals surface area contributed by atoms with Crippen molar-refractivity contribution in [1.29, 1.82) is 0 Å². The van der Waals surface area contributed by atoms with E-state index in [1.165, 1.54) is 6.42 Å². The van der Waals surface area contributed by atoms with E-state index < -0.39 is 29.6 Å². The lowest BCUT2D eigenvalue weighted by Crippen LogP contribution is -2.56. The molecule has 3 fully saturated rings. The third kappa shape index (κ3) is 4.15. The van der Waals surface area contributed by atoms with Gasteiger partial charge in [-0.3, -0.25) is 19.4 Å². The lowest BCUT2D eigenvalue weighted by atomic mass is 9.74. The number of fused-ring (bicyclic) bond motifs is 1. The van der Waals surface area contributed by atoms with Crippen LogP contribution >= 0.6 is 0 Å². The minimum atomic E-state index is -1.19. The van der Waals surface area contributed by atoms with E-state index in [-0.39, 0.29) is 30.3 Å². The van der Waals surface area contributed by atoms with Crippen molar-refractivity contribution in [2.24, 2.45) is 11.8 Å². The van der Waals surface area contributed by atoms with Crippen molar-refractivity contribution in [3.8, 4) is 5.75 Å².